The molecule has 0 saturated heterocycles. The van der Waals surface area contributed by atoms with Gasteiger partial charge in [-0.3, -0.25) is 0 Å². The molecule has 2 aromatic heterocycles. The first-order chi connectivity index (χ1) is 10.2. The van der Waals surface area contributed by atoms with Gasteiger partial charge in [0.2, 0.25) is 0 Å². The first-order valence-electron chi connectivity index (χ1n) is 6.83. The lowest BCUT2D eigenvalue weighted by Crippen LogP contribution is -2.08. The fraction of sp³-hybridized carbons (Fsp3) is 0.267. The average molecular weight is 283 g/mol. The first kappa shape index (κ1) is 13.4. The third-order valence-corrected chi connectivity index (χ3v) is 3.44. The Morgan fingerprint density at radius 3 is 2.67 bits per heavy atom. The van der Waals surface area contributed by atoms with Crippen molar-refractivity contribution < 1.29 is 4.74 Å². The molecule has 1 N–H and O–H groups in total. The lowest BCUT2D eigenvalue weighted by Gasteiger charge is -2.14. The van der Waals surface area contributed by atoms with Crippen molar-refractivity contribution in [2.75, 3.05) is 12.4 Å². The normalized spacial score (nSPS) is 10.8. The maximum Gasteiger partial charge on any atom is 0.254 e. The molecular weight excluding hydrogens is 266 g/mol. The van der Waals surface area contributed by atoms with Crippen LogP contribution in [0.15, 0.2) is 30.6 Å². The van der Waals surface area contributed by atoms with Crippen molar-refractivity contribution in [3.05, 3.63) is 41.9 Å². The molecule has 0 unspecified atom stereocenters. The second-order valence-corrected chi connectivity index (χ2v) is 4.70. The molecule has 0 bridgehead atoms. The monoisotopic (exact) mass is 283 g/mol. The van der Waals surface area contributed by atoms with E-state index in [2.05, 4.69) is 27.3 Å². The van der Waals surface area contributed by atoms with E-state index in [9.17, 15) is 0 Å². The average Bonchev–Trinajstić information content (AvgIpc) is 2.96. The number of nitrogens with one attached hydrogen (secondary N) is 1. The number of fused-ring (bicyclic) bond motifs is 1. The van der Waals surface area contributed by atoms with Crippen LogP contribution < -0.4 is 10.1 Å². The molecule has 3 rings (SSSR count). The molecule has 0 spiro atoms. The van der Waals surface area contributed by atoms with Crippen LogP contribution in [0.4, 0.5) is 11.5 Å². The summed E-state index contributed by atoms with van der Waals surface area (Å²) in [4.78, 5) is 8.63. The fourth-order valence-electron chi connectivity index (χ4n) is 2.35. The van der Waals surface area contributed by atoms with Gasteiger partial charge in [0.1, 0.15) is 17.9 Å². The van der Waals surface area contributed by atoms with Gasteiger partial charge in [-0.05, 0) is 37.6 Å². The van der Waals surface area contributed by atoms with E-state index in [1.807, 2.05) is 31.2 Å². The van der Waals surface area contributed by atoms with Gasteiger partial charge in [-0.25, -0.2) is 4.98 Å². The SMILES string of the molecule is CCc1c(C)nc2ncnn2c1Nc1ccc(OC)cc1. The highest BCUT2D eigenvalue weighted by Crippen LogP contribution is 2.25. The van der Waals surface area contributed by atoms with E-state index in [-0.39, 0.29) is 0 Å². The van der Waals surface area contributed by atoms with Crippen LogP contribution in [0.3, 0.4) is 0 Å². The topological polar surface area (TPSA) is 64.3 Å². The van der Waals surface area contributed by atoms with Crippen molar-refractivity contribution in [2.24, 2.45) is 0 Å². The fourth-order valence-corrected chi connectivity index (χ4v) is 2.35. The highest BCUT2D eigenvalue weighted by atomic mass is 16.5. The predicted molar refractivity (Wildman–Crippen MR) is 81.2 cm³/mol. The lowest BCUT2D eigenvalue weighted by molar-refractivity contribution is 0.415. The molecule has 0 aliphatic rings. The van der Waals surface area contributed by atoms with Gasteiger partial charge in [0.05, 0.1) is 7.11 Å². The van der Waals surface area contributed by atoms with Crippen molar-refractivity contribution in [3.8, 4) is 5.75 Å². The van der Waals surface area contributed by atoms with Gasteiger partial charge < -0.3 is 10.1 Å². The van der Waals surface area contributed by atoms with E-state index in [4.69, 9.17) is 4.74 Å². The van der Waals surface area contributed by atoms with Crippen LogP contribution >= 0.6 is 0 Å². The van der Waals surface area contributed by atoms with E-state index in [0.29, 0.717) is 5.78 Å². The second kappa shape index (κ2) is 5.40. The van der Waals surface area contributed by atoms with Gasteiger partial charge in [0.25, 0.3) is 5.78 Å². The summed E-state index contributed by atoms with van der Waals surface area (Å²) in [7, 11) is 1.66. The summed E-state index contributed by atoms with van der Waals surface area (Å²) in [6.45, 7) is 4.10. The Hall–Kier alpha value is -2.63. The van der Waals surface area contributed by atoms with Crippen LogP contribution in [0.25, 0.3) is 5.78 Å². The molecule has 0 amide bonds. The van der Waals surface area contributed by atoms with Gasteiger partial charge in [0, 0.05) is 16.9 Å². The quantitative estimate of drug-likeness (QED) is 0.797. The number of anilines is 2. The maximum atomic E-state index is 5.18. The molecular formula is C15H17N5O. The molecule has 6 nitrogen and oxygen atoms in total. The number of benzene rings is 1. The number of rotatable bonds is 4. The lowest BCUT2D eigenvalue weighted by atomic mass is 10.1. The number of ether oxygens (including phenoxy) is 1. The van der Waals surface area contributed by atoms with Gasteiger partial charge in [-0.15, -0.1) is 0 Å². The summed E-state index contributed by atoms with van der Waals surface area (Å²) in [5, 5.41) is 7.66. The maximum absolute atomic E-state index is 5.18. The van der Waals surface area contributed by atoms with Gasteiger partial charge >= 0.3 is 0 Å². The summed E-state index contributed by atoms with van der Waals surface area (Å²) < 4.78 is 6.91. The molecule has 3 aromatic rings. The summed E-state index contributed by atoms with van der Waals surface area (Å²) in [5.74, 6) is 2.33. The molecule has 0 saturated carbocycles. The molecule has 0 fully saturated rings. The van der Waals surface area contributed by atoms with Crippen LogP contribution in [-0.4, -0.2) is 26.7 Å². The molecule has 0 atom stereocenters. The van der Waals surface area contributed by atoms with Crippen molar-refractivity contribution in [3.63, 3.8) is 0 Å². The summed E-state index contributed by atoms with van der Waals surface area (Å²) in [6, 6.07) is 7.77. The number of aryl methyl sites for hydroxylation is 1. The zero-order valence-corrected chi connectivity index (χ0v) is 12.3. The molecule has 6 heteroatoms. The molecule has 2 heterocycles. The van der Waals surface area contributed by atoms with E-state index in [1.54, 1.807) is 11.6 Å². The molecule has 1 aromatic carbocycles. The summed E-state index contributed by atoms with van der Waals surface area (Å²) in [6.07, 6.45) is 2.38. The highest BCUT2D eigenvalue weighted by Gasteiger charge is 2.13. The van der Waals surface area contributed by atoms with E-state index in [0.717, 1.165) is 34.9 Å². The Labute approximate surface area is 122 Å². The largest absolute Gasteiger partial charge is 0.497 e. The van der Waals surface area contributed by atoms with Gasteiger partial charge in [0.15, 0.2) is 0 Å². The number of hydrogen-bond acceptors (Lipinski definition) is 5. The van der Waals surface area contributed by atoms with E-state index >= 15 is 0 Å². The van der Waals surface area contributed by atoms with E-state index in [1.165, 1.54) is 6.33 Å². The number of methoxy groups -OCH3 is 1. The number of nitrogens with zero attached hydrogens (tertiary/aromatic N) is 4. The Kier molecular flexibility index (Phi) is 3.43. The van der Waals surface area contributed by atoms with Crippen LogP contribution in [-0.2, 0) is 6.42 Å². The molecule has 21 heavy (non-hydrogen) atoms. The smallest absolute Gasteiger partial charge is 0.254 e. The van der Waals surface area contributed by atoms with Crippen LogP contribution in [0.5, 0.6) is 5.75 Å². The van der Waals surface area contributed by atoms with E-state index < -0.39 is 0 Å². The summed E-state index contributed by atoms with van der Waals surface area (Å²) in [5.41, 5.74) is 3.06. The number of hydrogen-bond donors (Lipinski definition) is 1. The minimum atomic E-state index is 0.598. The van der Waals surface area contributed by atoms with Gasteiger partial charge in [-0.1, -0.05) is 6.92 Å². The Morgan fingerprint density at radius 2 is 2.00 bits per heavy atom. The molecule has 0 radical (unpaired) electrons. The van der Waals surface area contributed by atoms with Crippen molar-refractivity contribution in [2.45, 2.75) is 20.3 Å². The molecule has 108 valence electrons. The van der Waals surface area contributed by atoms with Crippen LogP contribution in [0.1, 0.15) is 18.2 Å². The molecule has 0 aliphatic carbocycles. The Bertz CT molecular complexity index is 764. The van der Waals surface area contributed by atoms with Crippen molar-refractivity contribution >= 4 is 17.3 Å². The first-order valence-corrected chi connectivity index (χ1v) is 6.83. The second-order valence-electron chi connectivity index (χ2n) is 4.70. The van der Waals surface area contributed by atoms with Crippen LogP contribution in [0.2, 0.25) is 0 Å². The third-order valence-electron chi connectivity index (χ3n) is 3.44. The Balaban J connectivity index is 2.07. The van der Waals surface area contributed by atoms with Crippen molar-refractivity contribution in [1.82, 2.24) is 19.6 Å². The van der Waals surface area contributed by atoms with Crippen molar-refractivity contribution in [1.29, 1.82) is 0 Å². The minimum absolute atomic E-state index is 0.598. The van der Waals surface area contributed by atoms with Gasteiger partial charge in [-0.2, -0.15) is 14.6 Å². The Morgan fingerprint density at radius 1 is 1.24 bits per heavy atom. The zero-order valence-electron chi connectivity index (χ0n) is 12.3. The standard InChI is InChI=1S/C15H17N5O/c1-4-13-10(2)18-15-16-9-17-20(15)14(13)19-11-5-7-12(21-3)8-6-11/h5-9,19H,4H2,1-3H3. The molecule has 0 aliphatic heterocycles. The predicted octanol–water partition coefficient (Wildman–Crippen LogP) is 2.75. The number of aromatic nitrogens is 4. The minimum Gasteiger partial charge on any atom is -0.497 e. The highest BCUT2D eigenvalue weighted by molar-refractivity contribution is 5.63. The van der Waals surface area contributed by atoms with Crippen LogP contribution in [0, 0.1) is 6.92 Å². The summed E-state index contributed by atoms with van der Waals surface area (Å²) >= 11 is 0. The zero-order chi connectivity index (χ0) is 14.8. The third kappa shape index (κ3) is 2.40.